The normalized spacial score (nSPS) is 16.7. The van der Waals surface area contributed by atoms with Gasteiger partial charge in [-0.15, -0.1) is 0 Å². The first kappa shape index (κ1) is 19.3. The Morgan fingerprint density at radius 2 is 1.89 bits per heavy atom. The van der Waals surface area contributed by atoms with Crippen LogP contribution in [0.3, 0.4) is 0 Å². The van der Waals surface area contributed by atoms with Crippen molar-refractivity contribution in [3.8, 4) is 0 Å². The van der Waals surface area contributed by atoms with Crippen molar-refractivity contribution in [1.82, 2.24) is 9.88 Å². The number of nitrogens with zero attached hydrogens (tertiary/aromatic N) is 3. The minimum atomic E-state index is -1.40. The SMILES string of the molecule is Cc1cccnc1C1(F)CCN(CC(=O)Nc2ccc(N(C)C)cc2)CC1. The predicted molar refractivity (Wildman–Crippen MR) is 107 cm³/mol. The molecule has 1 amide bonds. The summed E-state index contributed by atoms with van der Waals surface area (Å²) >= 11 is 0. The Hall–Kier alpha value is -2.47. The summed E-state index contributed by atoms with van der Waals surface area (Å²) in [7, 11) is 3.95. The summed E-state index contributed by atoms with van der Waals surface area (Å²) in [4.78, 5) is 20.6. The van der Waals surface area contributed by atoms with Crippen molar-refractivity contribution < 1.29 is 9.18 Å². The van der Waals surface area contributed by atoms with Gasteiger partial charge in [-0.25, -0.2) is 4.39 Å². The van der Waals surface area contributed by atoms with E-state index in [0.717, 1.165) is 16.9 Å². The van der Waals surface area contributed by atoms with Gasteiger partial charge in [-0.05, 0) is 55.7 Å². The number of aromatic nitrogens is 1. The van der Waals surface area contributed by atoms with Gasteiger partial charge in [0.2, 0.25) is 5.91 Å². The molecule has 0 spiro atoms. The fraction of sp³-hybridized carbons (Fsp3) is 0.429. The number of likely N-dealkylation sites (tertiary alicyclic amines) is 1. The Morgan fingerprint density at radius 1 is 1.22 bits per heavy atom. The van der Waals surface area contributed by atoms with E-state index < -0.39 is 5.67 Å². The summed E-state index contributed by atoms with van der Waals surface area (Å²) in [6.07, 6.45) is 2.36. The van der Waals surface area contributed by atoms with Crippen molar-refractivity contribution in [2.45, 2.75) is 25.4 Å². The molecule has 1 N–H and O–H groups in total. The van der Waals surface area contributed by atoms with Crippen molar-refractivity contribution >= 4 is 17.3 Å². The Balaban J connectivity index is 1.53. The number of benzene rings is 1. The highest BCUT2D eigenvalue weighted by Gasteiger charge is 2.38. The van der Waals surface area contributed by atoms with Gasteiger partial charge in [0.05, 0.1) is 12.2 Å². The van der Waals surface area contributed by atoms with Gasteiger partial charge in [0.15, 0.2) is 5.67 Å². The molecule has 5 nitrogen and oxygen atoms in total. The summed E-state index contributed by atoms with van der Waals surface area (Å²) in [5.74, 6) is -0.0759. The highest BCUT2D eigenvalue weighted by Crippen LogP contribution is 2.37. The van der Waals surface area contributed by atoms with Crippen molar-refractivity contribution in [3.05, 3.63) is 53.9 Å². The third kappa shape index (κ3) is 4.63. The zero-order valence-corrected chi connectivity index (χ0v) is 16.2. The van der Waals surface area contributed by atoms with Crippen LogP contribution in [0.25, 0.3) is 0 Å². The monoisotopic (exact) mass is 370 g/mol. The van der Waals surface area contributed by atoms with Crippen LogP contribution in [0.15, 0.2) is 42.6 Å². The molecule has 6 heteroatoms. The molecule has 2 aromatic rings. The second-order valence-corrected chi connectivity index (χ2v) is 7.40. The first-order valence-electron chi connectivity index (χ1n) is 9.28. The molecule has 1 fully saturated rings. The summed E-state index contributed by atoms with van der Waals surface area (Å²) < 4.78 is 15.3. The molecule has 0 saturated carbocycles. The maximum Gasteiger partial charge on any atom is 0.238 e. The van der Waals surface area contributed by atoms with Gasteiger partial charge in [0, 0.05) is 44.8 Å². The van der Waals surface area contributed by atoms with Crippen LogP contribution in [-0.2, 0) is 10.5 Å². The first-order valence-corrected chi connectivity index (χ1v) is 9.28. The number of hydrogen-bond donors (Lipinski definition) is 1. The third-order valence-electron chi connectivity index (χ3n) is 5.12. The molecule has 3 rings (SSSR count). The van der Waals surface area contributed by atoms with Crippen LogP contribution in [0.2, 0.25) is 0 Å². The maximum absolute atomic E-state index is 15.3. The van der Waals surface area contributed by atoms with Crippen molar-refractivity contribution in [1.29, 1.82) is 0 Å². The summed E-state index contributed by atoms with van der Waals surface area (Å²) in [6.45, 7) is 3.25. The molecule has 1 aliphatic heterocycles. The van der Waals surface area contributed by atoms with Gasteiger partial charge < -0.3 is 10.2 Å². The fourth-order valence-electron chi connectivity index (χ4n) is 3.50. The smallest absolute Gasteiger partial charge is 0.238 e. The van der Waals surface area contributed by atoms with Gasteiger partial charge in [0.1, 0.15) is 0 Å². The van der Waals surface area contributed by atoms with Gasteiger partial charge >= 0.3 is 0 Å². The molecule has 1 aliphatic rings. The van der Waals surface area contributed by atoms with E-state index in [-0.39, 0.29) is 12.5 Å². The molecule has 2 heterocycles. The highest BCUT2D eigenvalue weighted by molar-refractivity contribution is 5.92. The lowest BCUT2D eigenvalue weighted by Crippen LogP contribution is -2.44. The molecule has 1 aromatic carbocycles. The Bertz CT molecular complexity index is 783. The minimum absolute atomic E-state index is 0.0759. The number of amides is 1. The summed E-state index contributed by atoms with van der Waals surface area (Å²) in [5, 5.41) is 2.91. The van der Waals surface area contributed by atoms with E-state index in [4.69, 9.17) is 0 Å². The predicted octanol–water partition coefficient (Wildman–Crippen LogP) is 3.36. The highest BCUT2D eigenvalue weighted by atomic mass is 19.1. The lowest BCUT2D eigenvalue weighted by atomic mass is 9.87. The van der Waals surface area contributed by atoms with Crippen LogP contribution >= 0.6 is 0 Å². The lowest BCUT2D eigenvalue weighted by Gasteiger charge is -2.36. The number of rotatable bonds is 5. The van der Waals surface area contributed by atoms with Gasteiger partial charge in [-0.3, -0.25) is 14.7 Å². The molecule has 27 heavy (non-hydrogen) atoms. The molecule has 0 unspecified atom stereocenters. The molecule has 1 aromatic heterocycles. The van der Waals surface area contributed by atoms with Crippen LogP contribution in [0.5, 0.6) is 0 Å². The van der Waals surface area contributed by atoms with Gasteiger partial charge in [0.25, 0.3) is 0 Å². The molecule has 0 atom stereocenters. The third-order valence-corrected chi connectivity index (χ3v) is 5.12. The number of hydrogen-bond acceptors (Lipinski definition) is 4. The molecule has 144 valence electrons. The van der Waals surface area contributed by atoms with E-state index in [0.29, 0.717) is 31.6 Å². The number of alkyl halides is 1. The second-order valence-electron chi connectivity index (χ2n) is 7.40. The average Bonchev–Trinajstić information content (AvgIpc) is 2.64. The number of nitrogens with one attached hydrogen (secondary N) is 1. The minimum Gasteiger partial charge on any atom is -0.378 e. The largest absolute Gasteiger partial charge is 0.378 e. The van der Waals surface area contributed by atoms with Crippen LogP contribution < -0.4 is 10.2 Å². The first-order chi connectivity index (χ1) is 12.9. The number of piperidine rings is 1. The van der Waals surface area contributed by atoms with E-state index in [2.05, 4.69) is 10.3 Å². The molecule has 0 bridgehead atoms. The van der Waals surface area contributed by atoms with E-state index >= 15 is 4.39 Å². The van der Waals surface area contributed by atoms with E-state index in [1.807, 2.05) is 67.2 Å². The van der Waals surface area contributed by atoms with Crippen LogP contribution in [0.1, 0.15) is 24.1 Å². The van der Waals surface area contributed by atoms with Gasteiger partial charge in [-0.1, -0.05) is 6.07 Å². The molecular formula is C21H27FN4O. The van der Waals surface area contributed by atoms with Crippen molar-refractivity contribution in [2.75, 3.05) is 43.9 Å². The van der Waals surface area contributed by atoms with E-state index in [1.165, 1.54) is 0 Å². The van der Waals surface area contributed by atoms with E-state index in [9.17, 15) is 4.79 Å². The topological polar surface area (TPSA) is 48.5 Å². The molecule has 0 aliphatic carbocycles. The zero-order valence-electron chi connectivity index (χ0n) is 16.2. The van der Waals surface area contributed by atoms with Crippen LogP contribution in [-0.4, -0.2) is 49.5 Å². The number of anilines is 2. The van der Waals surface area contributed by atoms with Crippen molar-refractivity contribution in [2.24, 2.45) is 0 Å². The number of halogens is 1. The van der Waals surface area contributed by atoms with Gasteiger partial charge in [-0.2, -0.15) is 0 Å². The second kappa shape index (κ2) is 8.05. The number of carbonyl (C=O) groups is 1. The average molecular weight is 370 g/mol. The quantitative estimate of drug-likeness (QED) is 0.877. The van der Waals surface area contributed by atoms with Crippen molar-refractivity contribution in [3.63, 3.8) is 0 Å². The maximum atomic E-state index is 15.3. The molecule has 1 saturated heterocycles. The number of aryl methyl sites for hydroxylation is 1. The standard InChI is InChI=1S/C21H27FN4O/c1-16-5-4-12-23-20(16)21(22)10-13-26(14-11-21)15-19(27)24-17-6-8-18(9-7-17)25(2)3/h4-9,12H,10-11,13-15H2,1-3H3,(H,24,27). The van der Waals surface area contributed by atoms with Crippen LogP contribution in [0.4, 0.5) is 15.8 Å². The lowest BCUT2D eigenvalue weighted by molar-refractivity contribution is -0.118. The number of pyridine rings is 1. The molecule has 0 radical (unpaired) electrons. The Morgan fingerprint density at radius 3 is 2.48 bits per heavy atom. The number of carbonyl (C=O) groups excluding carboxylic acids is 1. The van der Waals surface area contributed by atoms with Crippen LogP contribution in [0, 0.1) is 6.92 Å². The zero-order chi connectivity index (χ0) is 19.4. The Kier molecular flexibility index (Phi) is 5.75. The fourth-order valence-corrected chi connectivity index (χ4v) is 3.50. The Labute approximate surface area is 160 Å². The van der Waals surface area contributed by atoms with E-state index in [1.54, 1.807) is 6.20 Å². The summed E-state index contributed by atoms with van der Waals surface area (Å²) in [5.41, 5.74) is 1.86. The molecular weight excluding hydrogens is 343 g/mol. The summed E-state index contributed by atoms with van der Waals surface area (Å²) in [6, 6.07) is 11.4.